The fourth-order valence-electron chi connectivity index (χ4n) is 5.84. The van der Waals surface area contributed by atoms with Crippen LogP contribution in [0.3, 0.4) is 0 Å². The molecule has 0 spiro atoms. The molecule has 0 amide bonds. The van der Waals surface area contributed by atoms with Crippen LogP contribution in [-0.2, 0) is 6.42 Å². The van der Waals surface area contributed by atoms with Crippen LogP contribution in [0.2, 0.25) is 0 Å². The van der Waals surface area contributed by atoms with Gasteiger partial charge in [-0.1, -0.05) is 24.3 Å². The van der Waals surface area contributed by atoms with E-state index in [0.717, 1.165) is 38.7 Å². The van der Waals surface area contributed by atoms with Gasteiger partial charge in [-0.05, 0) is 52.9 Å². The molecule has 3 aliphatic rings. The Hall–Kier alpha value is -4.18. The van der Waals surface area contributed by atoms with E-state index in [-0.39, 0.29) is 25.8 Å². The first-order chi connectivity index (χ1) is 18.0. The molecule has 0 saturated heterocycles. The lowest BCUT2D eigenvalue weighted by atomic mass is 9.81. The van der Waals surface area contributed by atoms with Gasteiger partial charge < -0.3 is 34.2 Å². The molecule has 0 aliphatic carbocycles. The number of nitrogens with one attached hydrogen (secondary N) is 1. The first-order valence-electron chi connectivity index (χ1n) is 12.0. The minimum Gasteiger partial charge on any atom is -0.600 e. The molecule has 9 heteroatoms. The Kier molecular flexibility index (Phi) is 4.87. The maximum Gasteiger partial charge on any atom is 0.231 e. The molecule has 37 heavy (non-hydrogen) atoms. The summed E-state index contributed by atoms with van der Waals surface area (Å²) in [6, 6.07) is 17.2. The Morgan fingerprint density at radius 1 is 0.919 bits per heavy atom. The highest BCUT2D eigenvalue weighted by molar-refractivity contribution is 6.05. The third kappa shape index (κ3) is 3.36. The number of benzene rings is 4. The highest BCUT2D eigenvalue weighted by Crippen LogP contribution is 2.55. The highest BCUT2D eigenvalue weighted by atomic mass is 16.8. The Balaban J connectivity index is 1.46. The Morgan fingerprint density at radius 3 is 2.41 bits per heavy atom. The molecule has 1 unspecified atom stereocenters. The van der Waals surface area contributed by atoms with Gasteiger partial charge >= 0.3 is 0 Å². The average Bonchev–Trinajstić information content (AvgIpc) is 3.56. The van der Waals surface area contributed by atoms with Gasteiger partial charge in [0.05, 0.1) is 5.69 Å². The van der Waals surface area contributed by atoms with E-state index in [9.17, 15) is 15.5 Å². The van der Waals surface area contributed by atoms with Crippen molar-refractivity contribution in [1.82, 2.24) is 0 Å². The molecule has 9 nitrogen and oxygen atoms in total. The van der Waals surface area contributed by atoms with Gasteiger partial charge in [0.2, 0.25) is 13.6 Å². The molecule has 3 atom stereocenters. The molecule has 3 N–H and O–H groups in total. The van der Waals surface area contributed by atoms with Gasteiger partial charge in [-0.25, -0.2) is 10.4 Å². The maximum absolute atomic E-state index is 12.9. The van der Waals surface area contributed by atoms with Gasteiger partial charge in [0.15, 0.2) is 23.0 Å². The molecule has 0 fully saturated rings. The SMILES string of the molecule is CN1c2c(ccc3cc4c(cc23)OCO4)-c2ccc3c(c2[C@@H]1[C@@H](Cc1ccc(O)cc1)[NH+]([O-])O)OCO3. The number of ether oxygens (including phenoxy) is 4. The number of fused-ring (bicyclic) bond motifs is 8. The van der Waals surface area contributed by atoms with E-state index in [0.29, 0.717) is 23.0 Å². The van der Waals surface area contributed by atoms with Crippen LogP contribution < -0.4 is 29.1 Å². The summed E-state index contributed by atoms with van der Waals surface area (Å²) in [6.45, 7) is 0.262. The van der Waals surface area contributed by atoms with Crippen LogP contribution in [0.5, 0.6) is 28.7 Å². The van der Waals surface area contributed by atoms with E-state index >= 15 is 0 Å². The molecule has 7 rings (SSSR count). The summed E-state index contributed by atoms with van der Waals surface area (Å²) in [7, 11) is 1.93. The van der Waals surface area contributed by atoms with E-state index in [1.165, 1.54) is 0 Å². The Morgan fingerprint density at radius 2 is 1.62 bits per heavy atom. The number of hydrogen-bond donors (Lipinski definition) is 3. The summed E-state index contributed by atoms with van der Waals surface area (Å²) in [4.78, 5) is 2.05. The van der Waals surface area contributed by atoms with Crippen molar-refractivity contribution in [3.63, 3.8) is 0 Å². The molecular formula is C28H24N2O7. The van der Waals surface area contributed by atoms with E-state index in [2.05, 4.69) is 6.07 Å². The topological polar surface area (TPSA) is 108 Å². The normalized spacial score (nSPS) is 18.5. The first-order valence-corrected chi connectivity index (χ1v) is 12.0. The summed E-state index contributed by atoms with van der Waals surface area (Å²) in [5, 5.41) is 34.1. The van der Waals surface area contributed by atoms with Crippen LogP contribution in [0, 0.1) is 5.21 Å². The zero-order valence-corrected chi connectivity index (χ0v) is 19.9. The maximum atomic E-state index is 12.9. The highest BCUT2D eigenvalue weighted by Gasteiger charge is 2.43. The van der Waals surface area contributed by atoms with Crippen LogP contribution in [-0.4, -0.2) is 37.0 Å². The van der Waals surface area contributed by atoms with Crippen LogP contribution in [0.15, 0.2) is 60.7 Å². The standard InChI is InChI=1S/C28H24N2O7/c1-29-26-19(7-4-16-11-23-24(12-20(16)26)36-13-35-23)18-8-9-22-28(37-14-34-22)25(18)27(29)21(30(32)33)10-15-2-5-17(31)6-3-15/h2-9,11-12,21,27,30-32H,10,13-14H2,1H3/t21-,27+/m1/s1. The molecule has 3 aliphatic heterocycles. The summed E-state index contributed by atoms with van der Waals surface area (Å²) < 4.78 is 22.9. The van der Waals surface area contributed by atoms with Gasteiger partial charge in [-0.15, -0.1) is 0 Å². The summed E-state index contributed by atoms with van der Waals surface area (Å²) in [5.74, 6) is 2.70. The molecule has 0 saturated carbocycles. The van der Waals surface area contributed by atoms with Crippen molar-refractivity contribution in [3.05, 3.63) is 77.0 Å². The number of phenolic OH excluding ortho intramolecular Hbond substituents is 1. The molecule has 188 valence electrons. The van der Waals surface area contributed by atoms with E-state index in [4.69, 9.17) is 18.9 Å². The minimum absolute atomic E-state index is 0.0893. The average molecular weight is 501 g/mol. The molecular weight excluding hydrogens is 476 g/mol. The third-order valence-corrected chi connectivity index (χ3v) is 7.51. The van der Waals surface area contributed by atoms with Gasteiger partial charge in [0.1, 0.15) is 17.8 Å². The number of hydrogen-bond acceptors (Lipinski definition) is 8. The predicted molar refractivity (Wildman–Crippen MR) is 134 cm³/mol. The second-order valence-electron chi connectivity index (χ2n) is 9.52. The van der Waals surface area contributed by atoms with E-state index in [1.54, 1.807) is 24.3 Å². The van der Waals surface area contributed by atoms with Gasteiger partial charge in [0, 0.05) is 30.0 Å². The number of quaternary nitrogens is 1. The lowest BCUT2D eigenvalue weighted by molar-refractivity contribution is -1.07. The predicted octanol–water partition coefficient (Wildman–Crippen LogP) is 3.54. The largest absolute Gasteiger partial charge is 0.600 e. The van der Waals surface area contributed by atoms with Crippen molar-refractivity contribution < 1.29 is 34.5 Å². The zero-order valence-electron chi connectivity index (χ0n) is 19.9. The van der Waals surface area contributed by atoms with Gasteiger partial charge in [-0.2, -0.15) is 0 Å². The van der Waals surface area contributed by atoms with Crippen molar-refractivity contribution in [2.45, 2.75) is 18.5 Å². The number of likely N-dealkylation sites (N-methyl/N-ethyl adjacent to an activating group) is 1. The van der Waals surface area contributed by atoms with Crippen LogP contribution in [0.1, 0.15) is 17.2 Å². The fraction of sp³-hybridized carbons (Fsp3) is 0.214. The van der Waals surface area contributed by atoms with Crippen molar-refractivity contribution in [2.75, 3.05) is 25.5 Å². The molecule has 4 aromatic rings. The fourth-order valence-corrected chi connectivity index (χ4v) is 5.84. The van der Waals surface area contributed by atoms with Crippen molar-refractivity contribution >= 4 is 16.5 Å². The Bertz CT molecular complexity index is 1540. The second-order valence-corrected chi connectivity index (χ2v) is 9.52. The smallest absolute Gasteiger partial charge is 0.231 e. The van der Waals surface area contributed by atoms with Crippen LogP contribution in [0.25, 0.3) is 21.9 Å². The van der Waals surface area contributed by atoms with Gasteiger partial charge in [0.25, 0.3) is 0 Å². The number of aromatic hydroxyl groups is 1. The summed E-state index contributed by atoms with van der Waals surface area (Å²) in [6.07, 6.45) is 0.265. The summed E-state index contributed by atoms with van der Waals surface area (Å²) in [5.41, 5.74) is 4.43. The first kappa shape index (κ1) is 22.1. The molecule has 0 radical (unpaired) electrons. The number of rotatable bonds is 4. The summed E-state index contributed by atoms with van der Waals surface area (Å²) >= 11 is 0. The lowest BCUT2D eigenvalue weighted by Gasteiger charge is -2.43. The zero-order chi connectivity index (χ0) is 25.3. The quantitative estimate of drug-likeness (QED) is 0.365. The molecule has 4 aromatic carbocycles. The molecule has 3 heterocycles. The van der Waals surface area contributed by atoms with Crippen molar-refractivity contribution in [3.8, 4) is 39.9 Å². The number of hydroxylamine groups is 2. The van der Waals surface area contributed by atoms with Crippen LogP contribution in [0.4, 0.5) is 5.69 Å². The second kappa shape index (κ2) is 8.17. The molecule has 0 aromatic heterocycles. The monoisotopic (exact) mass is 500 g/mol. The third-order valence-electron chi connectivity index (χ3n) is 7.51. The minimum atomic E-state index is -0.922. The number of nitrogens with zero attached hydrogens (tertiary/aromatic N) is 1. The number of phenols is 1. The lowest BCUT2D eigenvalue weighted by Crippen LogP contribution is -3.10. The van der Waals surface area contributed by atoms with E-state index < -0.39 is 17.3 Å². The van der Waals surface area contributed by atoms with Crippen molar-refractivity contribution in [2.24, 2.45) is 0 Å². The number of anilines is 1. The van der Waals surface area contributed by atoms with Gasteiger partial charge in [-0.3, -0.25) is 0 Å². The Labute approximate surface area is 212 Å². The molecule has 0 bridgehead atoms. The van der Waals surface area contributed by atoms with E-state index in [1.807, 2.05) is 42.3 Å². The van der Waals surface area contributed by atoms with Crippen molar-refractivity contribution in [1.29, 1.82) is 0 Å². The van der Waals surface area contributed by atoms with Crippen LogP contribution >= 0.6 is 0 Å².